The average molecular weight is 300 g/mol. The number of benzene rings is 1. The lowest BCUT2D eigenvalue weighted by atomic mass is 10.2. The number of amides is 1. The molecule has 20 heavy (non-hydrogen) atoms. The fourth-order valence-corrected chi connectivity index (χ4v) is 1.77. The quantitative estimate of drug-likeness (QED) is 0.772. The van der Waals surface area contributed by atoms with Crippen molar-refractivity contribution in [2.24, 2.45) is 0 Å². The molecule has 0 heterocycles. The van der Waals surface area contributed by atoms with Crippen molar-refractivity contribution < 1.29 is 19.4 Å². The highest BCUT2D eigenvalue weighted by Gasteiger charge is 2.07. The number of carbonyl (C=O) groups excluding carboxylic acids is 1. The average Bonchev–Trinajstić information content (AvgIpc) is 2.37. The standard InChI is InChI=1S/C14H18ClNO4/c1-2-8-20-12-7-6-10(9-11(12)15)16-13(17)4-3-5-14(18)19/h6-7,9H,2-5,8H2,1H3,(H,16,17)(H,18,19). The summed E-state index contributed by atoms with van der Waals surface area (Å²) in [6, 6.07) is 5.01. The van der Waals surface area contributed by atoms with E-state index in [-0.39, 0.29) is 18.7 Å². The molecule has 1 rings (SSSR count). The fourth-order valence-electron chi connectivity index (χ4n) is 1.53. The van der Waals surface area contributed by atoms with Crippen molar-refractivity contribution in [3.8, 4) is 5.75 Å². The number of carbonyl (C=O) groups is 2. The number of nitrogens with one attached hydrogen (secondary N) is 1. The molecule has 0 fully saturated rings. The molecule has 0 radical (unpaired) electrons. The third kappa shape index (κ3) is 5.93. The monoisotopic (exact) mass is 299 g/mol. The Morgan fingerprint density at radius 3 is 2.70 bits per heavy atom. The highest BCUT2D eigenvalue weighted by atomic mass is 35.5. The maximum absolute atomic E-state index is 11.6. The van der Waals surface area contributed by atoms with Gasteiger partial charge in [-0.3, -0.25) is 9.59 Å². The molecule has 0 aliphatic rings. The second-order valence-electron chi connectivity index (χ2n) is 4.29. The van der Waals surface area contributed by atoms with Crippen molar-refractivity contribution in [3.05, 3.63) is 23.2 Å². The lowest BCUT2D eigenvalue weighted by molar-refractivity contribution is -0.137. The van der Waals surface area contributed by atoms with Crippen molar-refractivity contribution >= 4 is 29.2 Å². The number of hydrogen-bond donors (Lipinski definition) is 2. The molecule has 0 aliphatic carbocycles. The SMILES string of the molecule is CCCOc1ccc(NC(=O)CCCC(=O)O)cc1Cl. The van der Waals surface area contributed by atoms with E-state index < -0.39 is 5.97 Å². The summed E-state index contributed by atoms with van der Waals surface area (Å²) < 4.78 is 5.43. The first-order chi connectivity index (χ1) is 9.52. The molecule has 0 bridgehead atoms. The third-order valence-corrected chi connectivity index (χ3v) is 2.77. The molecule has 0 atom stereocenters. The fraction of sp³-hybridized carbons (Fsp3) is 0.429. The van der Waals surface area contributed by atoms with Crippen LogP contribution in [-0.2, 0) is 9.59 Å². The zero-order chi connectivity index (χ0) is 15.0. The molecule has 0 saturated heterocycles. The van der Waals surface area contributed by atoms with Gasteiger partial charge in [0.05, 0.1) is 11.6 Å². The Balaban J connectivity index is 2.49. The van der Waals surface area contributed by atoms with Gasteiger partial charge in [-0.2, -0.15) is 0 Å². The number of aliphatic carboxylic acids is 1. The van der Waals surface area contributed by atoms with Gasteiger partial charge >= 0.3 is 5.97 Å². The van der Waals surface area contributed by atoms with Gasteiger partial charge in [-0.15, -0.1) is 0 Å². The number of anilines is 1. The molecule has 110 valence electrons. The Morgan fingerprint density at radius 2 is 2.10 bits per heavy atom. The van der Waals surface area contributed by atoms with Gasteiger partial charge in [0, 0.05) is 18.5 Å². The number of carboxylic acids is 1. The van der Waals surface area contributed by atoms with E-state index in [4.69, 9.17) is 21.4 Å². The summed E-state index contributed by atoms with van der Waals surface area (Å²) in [4.78, 5) is 21.9. The van der Waals surface area contributed by atoms with Crippen LogP contribution < -0.4 is 10.1 Å². The largest absolute Gasteiger partial charge is 0.492 e. The Morgan fingerprint density at radius 1 is 1.35 bits per heavy atom. The molecule has 1 amide bonds. The molecular formula is C14H18ClNO4. The summed E-state index contributed by atoms with van der Waals surface area (Å²) in [7, 11) is 0. The molecule has 0 spiro atoms. The van der Waals surface area contributed by atoms with Gasteiger partial charge in [-0.1, -0.05) is 18.5 Å². The maximum Gasteiger partial charge on any atom is 0.303 e. The smallest absolute Gasteiger partial charge is 0.303 e. The predicted octanol–water partition coefficient (Wildman–Crippen LogP) is 3.32. The molecule has 1 aromatic rings. The van der Waals surface area contributed by atoms with Crippen LogP contribution >= 0.6 is 11.6 Å². The molecule has 0 unspecified atom stereocenters. The number of hydrogen-bond acceptors (Lipinski definition) is 3. The van der Waals surface area contributed by atoms with E-state index in [1.807, 2.05) is 6.92 Å². The second-order valence-corrected chi connectivity index (χ2v) is 4.70. The van der Waals surface area contributed by atoms with Gasteiger partial charge < -0.3 is 15.2 Å². The highest BCUT2D eigenvalue weighted by molar-refractivity contribution is 6.32. The van der Waals surface area contributed by atoms with E-state index >= 15 is 0 Å². The maximum atomic E-state index is 11.6. The van der Waals surface area contributed by atoms with Crippen LogP contribution in [0.3, 0.4) is 0 Å². The summed E-state index contributed by atoms with van der Waals surface area (Å²) in [5.74, 6) is -0.555. The minimum Gasteiger partial charge on any atom is -0.492 e. The van der Waals surface area contributed by atoms with Gasteiger partial charge in [0.25, 0.3) is 0 Å². The molecule has 2 N–H and O–H groups in total. The Bertz CT molecular complexity index is 476. The zero-order valence-corrected chi connectivity index (χ0v) is 12.1. The summed E-state index contributed by atoms with van der Waals surface area (Å²) >= 11 is 6.04. The number of rotatable bonds is 8. The molecule has 6 heteroatoms. The normalized spacial score (nSPS) is 10.1. The number of halogens is 1. The lowest BCUT2D eigenvalue weighted by Crippen LogP contribution is -2.12. The van der Waals surface area contributed by atoms with Gasteiger partial charge in [-0.25, -0.2) is 0 Å². The molecule has 0 aromatic heterocycles. The Kier molecular flexibility index (Phi) is 6.87. The van der Waals surface area contributed by atoms with E-state index in [0.29, 0.717) is 29.5 Å². The van der Waals surface area contributed by atoms with Crippen molar-refractivity contribution in [1.82, 2.24) is 0 Å². The molecule has 1 aromatic carbocycles. The van der Waals surface area contributed by atoms with E-state index in [2.05, 4.69) is 5.32 Å². The minimum absolute atomic E-state index is 0.0159. The first kappa shape index (κ1) is 16.3. The summed E-state index contributed by atoms with van der Waals surface area (Å²) in [6.07, 6.45) is 1.35. The summed E-state index contributed by atoms with van der Waals surface area (Å²) in [6.45, 7) is 2.58. The van der Waals surface area contributed by atoms with Crippen LogP contribution in [0.5, 0.6) is 5.75 Å². The van der Waals surface area contributed by atoms with E-state index in [1.165, 1.54) is 0 Å². The molecule has 0 saturated carbocycles. The Hall–Kier alpha value is -1.75. The van der Waals surface area contributed by atoms with Crippen molar-refractivity contribution in [2.75, 3.05) is 11.9 Å². The molecular weight excluding hydrogens is 282 g/mol. The van der Waals surface area contributed by atoms with Crippen LogP contribution in [0.1, 0.15) is 32.6 Å². The van der Waals surface area contributed by atoms with Crippen LogP contribution in [0.4, 0.5) is 5.69 Å². The van der Waals surface area contributed by atoms with E-state index in [0.717, 1.165) is 6.42 Å². The minimum atomic E-state index is -0.904. The first-order valence-electron chi connectivity index (χ1n) is 6.47. The van der Waals surface area contributed by atoms with Crippen molar-refractivity contribution in [3.63, 3.8) is 0 Å². The second kappa shape index (κ2) is 8.43. The van der Waals surface area contributed by atoms with Crippen molar-refractivity contribution in [2.45, 2.75) is 32.6 Å². The van der Waals surface area contributed by atoms with Crippen LogP contribution in [0, 0.1) is 0 Å². The summed E-state index contributed by atoms with van der Waals surface area (Å²) in [5, 5.41) is 11.6. The first-order valence-corrected chi connectivity index (χ1v) is 6.84. The van der Waals surface area contributed by atoms with Crippen LogP contribution in [0.15, 0.2) is 18.2 Å². The van der Waals surface area contributed by atoms with Gasteiger partial charge in [0.15, 0.2) is 0 Å². The zero-order valence-electron chi connectivity index (χ0n) is 11.3. The lowest BCUT2D eigenvalue weighted by Gasteiger charge is -2.09. The van der Waals surface area contributed by atoms with Crippen LogP contribution in [0.25, 0.3) is 0 Å². The van der Waals surface area contributed by atoms with Crippen LogP contribution in [0.2, 0.25) is 5.02 Å². The van der Waals surface area contributed by atoms with E-state index in [9.17, 15) is 9.59 Å². The molecule has 0 aliphatic heterocycles. The van der Waals surface area contributed by atoms with Crippen LogP contribution in [-0.4, -0.2) is 23.6 Å². The third-order valence-electron chi connectivity index (χ3n) is 2.47. The number of carboxylic acid groups (broad SMARTS) is 1. The number of ether oxygens (including phenoxy) is 1. The van der Waals surface area contributed by atoms with Crippen molar-refractivity contribution in [1.29, 1.82) is 0 Å². The van der Waals surface area contributed by atoms with Gasteiger partial charge in [-0.05, 0) is 31.0 Å². The van der Waals surface area contributed by atoms with Gasteiger partial charge in [0.2, 0.25) is 5.91 Å². The van der Waals surface area contributed by atoms with Gasteiger partial charge in [0.1, 0.15) is 5.75 Å². The summed E-state index contributed by atoms with van der Waals surface area (Å²) in [5.41, 5.74) is 0.569. The topological polar surface area (TPSA) is 75.6 Å². The van der Waals surface area contributed by atoms with E-state index in [1.54, 1.807) is 18.2 Å². The predicted molar refractivity (Wildman–Crippen MR) is 77.4 cm³/mol. The highest BCUT2D eigenvalue weighted by Crippen LogP contribution is 2.27. The Labute approximate surface area is 122 Å². The molecule has 5 nitrogen and oxygen atoms in total.